The first-order valence-electron chi connectivity index (χ1n) is 7.21. The van der Waals surface area contributed by atoms with Gasteiger partial charge in [-0.3, -0.25) is 0 Å². The van der Waals surface area contributed by atoms with Gasteiger partial charge in [-0.1, -0.05) is 36.4 Å². The number of rotatable bonds is 6. The number of hydrogen-bond donors (Lipinski definition) is 3. The lowest BCUT2D eigenvalue weighted by atomic mass is 10.0. The van der Waals surface area contributed by atoms with Gasteiger partial charge in [0.2, 0.25) is 0 Å². The summed E-state index contributed by atoms with van der Waals surface area (Å²) in [5.41, 5.74) is 1.02. The number of benzene rings is 2. The molecule has 1 fully saturated rings. The summed E-state index contributed by atoms with van der Waals surface area (Å²) < 4.78 is 0. The highest BCUT2D eigenvalue weighted by Gasteiger charge is 2.41. The number of aliphatic hydroxyl groups is 2. The van der Waals surface area contributed by atoms with Crippen molar-refractivity contribution in [2.45, 2.75) is 18.9 Å². The maximum Gasteiger partial charge on any atom is 0.0914 e. The van der Waals surface area contributed by atoms with E-state index in [-0.39, 0.29) is 12.0 Å². The molecule has 3 nitrogen and oxygen atoms in total. The van der Waals surface area contributed by atoms with E-state index < -0.39 is 6.10 Å². The van der Waals surface area contributed by atoms with Crippen molar-refractivity contribution in [1.29, 1.82) is 0 Å². The summed E-state index contributed by atoms with van der Waals surface area (Å²) in [4.78, 5) is 0. The van der Waals surface area contributed by atoms with Crippen molar-refractivity contribution in [3.63, 3.8) is 0 Å². The standard InChI is InChI=1S/C17H21NO2/c19-12-17(7-8-17)11-18-10-16(20)15-6-5-13-3-1-2-4-14(13)9-15/h1-6,9,16,18-20H,7-8,10-12H2. The summed E-state index contributed by atoms with van der Waals surface area (Å²) in [6, 6.07) is 14.2. The van der Waals surface area contributed by atoms with Crippen LogP contribution >= 0.6 is 0 Å². The number of fused-ring (bicyclic) bond motifs is 1. The summed E-state index contributed by atoms with van der Waals surface area (Å²) in [6.07, 6.45) is 1.67. The van der Waals surface area contributed by atoms with Crippen LogP contribution in [0, 0.1) is 5.41 Å². The molecule has 106 valence electrons. The van der Waals surface area contributed by atoms with Crippen LogP contribution in [0.4, 0.5) is 0 Å². The Bertz CT molecular complexity index is 592. The van der Waals surface area contributed by atoms with E-state index in [0.29, 0.717) is 6.54 Å². The third-order valence-corrected chi connectivity index (χ3v) is 4.29. The average molecular weight is 271 g/mol. The van der Waals surface area contributed by atoms with Crippen LogP contribution < -0.4 is 5.32 Å². The molecule has 1 saturated carbocycles. The Labute approximate surface area is 119 Å². The van der Waals surface area contributed by atoms with E-state index in [1.807, 2.05) is 30.3 Å². The van der Waals surface area contributed by atoms with Crippen LogP contribution in [0.2, 0.25) is 0 Å². The second-order valence-electron chi connectivity index (χ2n) is 5.91. The van der Waals surface area contributed by atoms with Crippen molar-refractivity contribution in [2.75, 3.05) is 19.7 Å². The summed E-state index contributed by atoms with van der Waals surface area (Å²) >= 11 is 0. The Hall–Kier alpha value is -1.42. The lowest BCUT2D eigenvalue weighted by Gasteiger charge is -2.16. The van der Waals surface area contributed by atoms with Crippen LogP contribution in [-0.2, 0) is 0 Å². The largest absolute Gasteiger partial charge is 0.396 e. The van der Waals surface area contributed by atoms with Gasteiger partial charge in [-0.15, -0.1) is 0 Å². The van der Waals surface area contributed by atoms with Crippen LogP contribution in [0.1, 0.15) is 24.5 Å². The minimum Gasteiger partial charge on any atom is -0.396 e. The van der Waals surface area contributed by atoms with Crippen LogP contribution in [0.5, 0.6) is 0 Å². The van der Waals surface area contributed by atoms with Crippen molar-refractivity contribution in [2.24, 2.45) is 5.41 Å². The monoisotopic (exact) mass is 271 g/mol. The summed E-state index contributed by atoms with van der Waals surface area (Å²) in [5, 5.41) is 25.1. The summed E-state index contributed by atoms with van der Waals surface area (Å²) in [5.74, 6) is 0. The Balaban J connectivity index is 1.61. The normalized spacial score (nSPS) is 18.1. The minimum atomic E-state index is -0.505. The molecule has 0 radical (unpaired) electrons. The Morgan fingerprint density at radius 3 is 2.55 bits per heavy atom. The van der Waals surface area contributed by atoms with E-state index in [1.165, 1.54) is 5.39 Å². The summed E-state index contributed by atoms with van der Waals surface area (Å²) in [7, 11) is 0. The predicted octanol–water partition coefficient (Wildman–Crippen LogP) is 2.24. The van der Waals surface area contributed by atoms with Gasteiger partial charge < -0.3 is 15.5 Å². The molecule has 3 rings (SSSR count). The zero-order valence-electron chi connectivity index (χ0n) is 11.5. The zero-order valence-corrected chi connectivity index (χ0v) is 11.5. The molecular formula is C17H21NO2. The maximum atomic E-state index is 10.2. The fraction of sp³-hybridized carbons (Fsp3) is 0.412. The van der Waals surface area contributed by atoms with Gasteiger partial charge in [-0.25, -0.2) is 0 Å². The molecule has 2 aromatic carbocycles. The highest BCUT2D eigenvalue weighted by molar-refractivity contribution is 5.83. The van der Waals surface area contributed by atoms with Crippen LogP contribution in [-0.4, -0.2) is 29.9 Å². The molecule has 0 aromatic heterocycles. The number of nitrogens with one attached hydrogen (secondary N) is 1. The van der Waals surface area contributed by atoms with Gasteiger partial charge in [0.05, 0.1) is 6.10 Å². The van der Waals surface area contributed by atoms with Gasteiger partial charge in [0.25, 0.3) is 0 Å². The quantitative estimate of drug-likeness (QED) is 0.755. The molecule has 3 heteroatoms. The van der Waals surface area contributed by atoms with Gasteiger partial charge >= 0.3 is 0 Å². The average Bonchev–Trinajstić information content (AvgIpc) is 3.27. The fourth-order valence-corrected chi connectivity index (χ4v) is 2.57. The highest BCUT2D eigenvalue weighted by Crippen LogP contribution is 2.44. The molecule has 0 saturated heterocycles. The number of hydrogen-bond acceptors (Lipinski definition) is 3. The molecule has 2 aromatic rings. The fourth-order valence-electron chi connectivity index (χ4n) is 2.57. The van der Waals surface area contributed by atoms with E-state index in [0.717, 1.165) is 30.3 Å². The summed E-state index contributed by atoms with van der Waals surface area (Å²) in [6.45, 7) is 1.56. The van der Waals surface area contributed by atoms with Crippen LogP contribution in [0.15, 0.2) is 42.5 Å². The van der Waals surface area contributed by atoms with Gasteiger partial charge in [-0.05, 0) is 35.2 Å². The minimum absolute atomic E-state index is 0.0864. The lowest BCUT2D eigenvalue weighted by molar-refractivity contribution is 0.162. The molecule has 1 aliphatic rings. The SMILES string of the molecule is OCC1(CNCC(O)c2ccc3ccccc3c2)CC1. The predicted molar refractivity (Wildman–Crippen MR) is 80.5 cm³/mol. The molecule has 0 spiro atoms. The molecule has 0 amide bonds. The van der Waals surface area contributed by atoms with Crippen LogP contribution in [0.25, 0.3) is 10.8 Å². The molecule has 0 aliphatic heterocycles. The van der Waals surface area contributed by atoms with Crippen molar-refractivity contribution in [3.8, 4) is 0 Å². The third-order valence-electron chi connectivity index (χ3n) is 4.29. The molecule has 0 heterocycles. The highest BCUT2D eigenvalue weighted by atomic mass is 16.3. The first-order chi connectivity index (χ1) is 9.72. The molecule has 1 aliphatic carbocycles. The van der Waals surface area contributed by atoms with Gasteiger partial charge in [0, 0.05) is 25.1 Å². The van der Waals surface area contributed by atoms with E-state index in [1.54, 1.807) is 0 Å². The number of aliphatic hydroxyl groups excluding tert-OH is 2. The smallest absolute Gasteiger partial charge is 0.0914 e. The van der Waals surface area contributed by atoms with Crippen molar-refractivity contribution in [3.05, 3.63) is 48.0 Å². The van der Waals surface area contributed by atoms with E-state index in [4.69, 9.17) is 0 Å². The maximum absolute atomic E-state index is 10.2. The Morgan fingerprint density at radius 2 is 1.85 bits per heavy atom. The van der Waals surface area contributed by atoms with E-state index >= 15 is 0 Å². The van der Waals surface area contributed by atoms with Gasteiger partial charge in [-0.2, -0.15) is 0 Å². The van der Waals surface area contributed by atoms with Gasteiger partial charge in [0.15, 0.2) is 0 Å². The molecule has 1 atom stereocenters. The second kappa shape index (κ2) is 5.52. The lowest BCUT2D eigenvalue weighted by Crippen LogP contribution is -2.30. The van der Waals surface area contributed by atoms with Crippen molar-refractivity contribution in [1.82, 2.24) is 5.32 Å². The topological polar surface area (TPSA) is 52.5 Å². The Morgan fingerprint density at radius 1 is 1.10 bits per heavy atom. The van der Waals surface area contributed by atoms with Gasteiger partial charge in [0.1, 0.15) is 0 Å². The van der Waals surface area contributed by atoms with E-state index in [9.17, 15) is 10.2 Å². The van der Waals surface area contributed by atoms with Crippen molar-refractivity contribution >= 4 is 10.8 Å². The van der Waals surface area contributed by atoms with Crippen molar-refractivity contribution < 1.29 is 10.2 Å². The molecule has 0 bridgehead atoms. The molecule has 3 N–H and O–H groups in total. The second-order valence-corrected chi connectivity index (χ2v) is 5.91. The molecular weight excluding hydrogens is 250 g/mol. The first-order valence-corrected chi connectivity index (χ1v) is 7.21. The zero-order chi connectivity index (χ0) is 14.0. The van der Waals surface area contributed by atoms with Crippen LogP contribution in [0.3, 0.4) is 0 Å². The van der Waals surface area contributed by atoms with E-state index in [2.05, 4.69) is 17.4 Å². The first kappa shape index (κ1) is 13.6. The molecule has 1 unspecified atom stereocenters. The third kappa shape index (κ3) is 2.85. The Kier molecular flexibility index (Phi) is 3.74. The molecule has 20 heavy (non-hydrogen) atoms.